The van der Waals surface area contributed by atoms with Crippen LogP contribution >= 0.6 is 0 Å². The molecule has 8 aromatic rings. The number of fused-ring (bicyclic) bond motifs is 7. The SMILES string of the molecule is CC(C)c1ccnc(-c2[c-]ccc3c2oc2c3ccc3c4ccccc4oc32)c1.[Ir].[c-]1ccccc1-c1ccccn1. The van der Waals surface area contributed by atoms with E-state index in [1.165, 1.54) is 5.56 Å². The molecule has 4 aromatic carbocycles. The Morgan fingerprint density at radius 1 is 0.595 bits per heavy atom. The molecule has 0 aliphatic carbocycles. The van der Waals surface area contributed by atoms with Crippen molar-refractivity contribution in [3.63, 3.8) is 0 Å². The van der Waals surface area contributed by atoms with Crippen LogP contribution in [0.2, 0.25) is 0 Å². The molecule has 0 N–H and O–H groups in total. The number of hydrogen-bond acceptors (Lipinski definition) is 4. The number of pyridine rings is 2. The molecular formula is C37H26IrN2O2-2. The first-order chi connectivity index (χ1) is 20.2. The van der Waals surface area contributed by atoms with Crippen molar-refractivity contribution in [3.05, 3.63) is 133 Å². The van der Waals surface area contributed by atoms with Crippen molar-refractivity contribution in [2.75, 3.05) is 0 Å². The Bertz CT molecular complexity index is 2090. The zero-order valence-corrected chi connectivity index (χ0v) is 25.5. The summed E-state index contributed by atoms with van der Waals surface area (Å²) in [4.78, 5) is 8.81. The molecule has 0 unspecified atom stereocenters. The number of hydrogen-bond donors (Lipinski definition) is 0. The molecule has 4 heterocycles. The number of furan rings is 2. The Kier molecular flexibility index (Phi) is 7.71. The van der Waals surface area contributed by atoms with E-state index in [0.29, 0.717) is 5.92 Å². The summed E-state index contributed by atoms with van der Waals surface area (Å²) in [5, 5.41) is 4.26. The number of rotatable bonds is 3. The molecule has 0 bridgehead atoms. The maximum Gasteiger partial charge on any atom is 0.177 e. The van der Waals surface area contributed by atoms with E-state index in [9.17, 15) is 0 Å². The van der Waals surface area contributed by atoms with Crippen LogP contribution in [0.5, 0.6) is 0 Å². The van der Waals surface area contributed by atoms with E-state index in [-0.39, 0.29) is 20.1 Å². The molecule has 0 amide bonds. The first-order valence-corrected chi connectivity index (χ1v) is 13.7. The van der Waals surface area contributed by atoms with Crippen LogP contribution < -0.4 is 0 Å². The fraction of sp³-hybridized carbons (Fsp3) is 0.0811. The van der Waals surface area contributed by atoms with Gasteiger partial charge in [0.15, 0.2) is 11.2 Å². The monoisotopic (exact) mass is 723 g/mol. The molecule has 0 aliphatic heterocycles. The van der Waals surface area contributed by atoms with Crippen LogP contribution in [0, 0.1) is 12.1 Å². The minimum Gasteiger partial charge on any atom is -0.497 e. The molecular weight excluding hydrogens is 697 g/mol. The normalized spacial score (nSPS) is 11.1. The standard InChI is InChI=1S/C26H18NO2.C11H8N.Ir/c1-15(2)16-12-13-27-22(14-16)21-8-5-7-18-20-11-10-19-17-6-3-4-9-23(17)28-25(19)26(20)29-24(18)21;1-2-6-10(7-3-1)11-8-4-5-9-12-11;/h3-7,9-15H,1-2H3;1-6,8-9H;/q2*-1;. The van der Waals surface area contributed by atoms with E-state index in [1.54, 1.807) is 6.20 Å². The maximum atomic E-state index is 6.42. The van der Waals surface area contributed by atoms with Crippen molar-refractivity contribution in [1.82, 2.24) is 9.97 Å². The second-order valence-electron chi connectivity index (χ2n) is 10.2. The summed E-state index contributed by atoms with van der Waals surface area (Å²) < 4.78 is 12.6. The Hall–Kier alpha value is -4.57. The zero-order valence-electron chi connectivity index (χ0n) is 23.1. The Morgan fingerprint density at radius 3 is 2.12 bits per heavy atom. The predicted octanol–water partition coefficient (Wildman–Crippen LogP) is 10.0. The Balaban J connectivity index is 0.000000205. The van der Waals surface area contributed by atoms with Gasteiger partial charge in [0.05, 0.1) is 5.58 Å². The number of para-hydroxylation sites is 1. The average molecular weight is 723 g/mol. The smallest absolute Gasteiger partial charge is 0.177 e. The molecule has 0 spiro atoms. The van der Waals surface area contributed by atoms with Gasteiger partial charge in [0.1, 0.15) is 5.58 Å². The van der Waals surface area contributed by atoms with E-state index in [0.717, 1.165) is 66.4 Å². The summed E-state index contributed by atoms with van der Waals surface area (Å²) >= 11 is 0. The third kappa shape index (κ3) is 5.02. The summed E-state index contributed by atoms with van der Waals surface area (Å²) in [5.74, 6) is 0.432. The van der Waals surface area contributed by atoms with E-state index >= 15 is 0 Å². The van der Waals surface area contributed by atoms with Crippen LogP contribution in [0.15, 0.2) is 124 Å². The van der Waals surface area contributed by atoms with Crippen LogP contribution in [0.4, 0.5) is 0 Å². The Morgan fingerprint density at radius 2 is 1.33 bits per heavy atom. The minimum atomic E-state index is 0. The summed E-state index contributed by atoms with van der Waals surface area (Å²) in [6, 6.07) is 40.7. The molecule has 207 valence electrons. The molecule has 4 aromatic heterocycles. The second-order valence-corrected chi connectivity index (χ2v) is 10.2. The van der Waals surface area contributed by atoms with Gasteiger partial charge >= 0.3 is 0 Å². The molecule has 0 fully saturated rings. The van der Waals surface area contributed by atoms with Crippen LogP contribution in [0.1, 0.15) is 25.3 Å². The van der Waals surface area contributed by atoms with Gasteiger partial charge in [-0.25, -0.2) is 0 Å². The third-order valence-corrected chi connectivity index (χ3v) is 7.30. The second kappa shape index (κ2) is 11.7. The summed E-state index contributed by atoms with van der Waals surface area (Å²) in [6.07, 6.45) is 3.65. The molecule has 0 aliphatic rings. The van der Waals surface area contributed by atoms with E-state index in [2.05, 4.69) is 66.3 Å². The largest absolute Gasteiger partial charge is 0.497 e. The minimum absolute atomic E-state index is 0. The molecule has 0 atom stereocenters. The van der Waals surface area contributed by atoms with Crippen LogP contribution in [0.25, 0.3) is 66.4 Å². The van der Waals surface area contributed by atoms with Crippen molar-refractivity contribution in [2.45, 2.75) is 19.8 Å². The molecule has 8 rings (SSSR count). The van der Waals surface area contributed by atoms with Gasteiger partial charge in [0.25, 0.3) is 0 Å². The van der Waals surface area contributed by atoms with Gasteiger partial charge in [-0.1, -0.05) is 72.8 Å². The van der Waals surface area contributed by atoms with Crippen LogP contribution in [-0.4, -0.2) is 9.97 Å². The van der Waals surface area contributed by atoms with Gasteiger partial charge < -0.3 is 18.8 Å². The quantitative estimate of drug-likeness (QED) is 0.171. The topological polar surface area (TPSA) is 52.1 Å². The summed E-state index contributed by atoms with van der Waals surface area (Å²) in [5.41, 5.74) is 8.24. The summed E-state index contributed by atoms with van der Waals surface area (Å²) in [7, 11) is 0. The molecule has 5 heteroatoms. The third-order valence-electron chi connectivity index (χ3n) is 7.30. The van der Waals surface area contributed by atoms with E-state index in [1.807, 2.05) is 79.0 Å². The van der Waals surface area contributed by atoms with Crippen molar-refractivity contribution in [3.8, 4) is 22.5 Å². The van der Waals surface area contributed by atoms with E-state index < -0.39 is 0 Å². The number of aromatic nitrogens is 2. The van der Waals surface area contributed by atoms with Crippen LogP contribution in [-0.2, 0) is 20.1 Å². The molecule has 42 heavy (non-hydrogen) atoms. The van der Waals surface area contributed by atoms with Gasteiger partial charge in [-0.3, -0.25) is 0 Å². The first kappa shape index (κ1) is 27.6. The van der Waals surface area contributed by atoms with Crippen LogP contribution in [0.3, 0.4) is 0 Å². The van der Waals surface area contributed by atoms with Gasteiger partial charge in [0.2, 0.25) is 0 Å². The van der Waals surface area contributed by atoms with Gasteiger partial charge in [-0.2, -0.15) is 0 Å². The van der Waals surface area contributed by atoms with E-state index in [4.69, 9.17) is 8.83 Å². The Labute approximate surface area is 257 Å². The molecule has 4 nitrogen and oxygen atoms in total. The predicted molar refractivity (Wildman–Crippen MR) is 166 cm³/mol. The number of nitrogens with zero attached hydrogens (tertiary/aromatic N) is 2. The van der Waals surface area contributed by atoms with Gasteiger partial charge in [0, 0.05) is 48.7 Å². The van der Waals surface area contributed by atoms with Crippen molar-refractivity contribution >= 4 is 43.9 Å². The van der Waals surface area contributed by atoms with Crippen molar-refractivity contribution in [1.29, 1.82) is 0 Å². The molecule has 0 saturated heterocycles. The average Bonchev–Trinajstić information content (AvgIpc) is 3.61. The summed E-state index contributed by atoms with van der Waals surface area (Å²) in [6.45, 7) is 4.37. The molecule has 0 saturated carbocycles. The van der Waals surface area contributed by atoms with Crippen molar-refractivity contribution in [2.24, 2.45) is 0 Å². The first-order valence-electron chi connectivity index (χ1n) is 13.7. The fourth-order valence-corrected chi connectivity index (χ4v) is 5.19. The van der Waals surface area contributed by atoms with Gasteiger partial charge in [-0.05, 0) is 41.6 Å². The number of benzene rings is 4. The zero-order chi connectivity index (χ0) is 27.8. The van der Waals surface area contributed by atoms with Crippen molar-refractivity contribution < 1.29 is 28.9 Å². The van der Waals surface area contributed by atoms with Gasteiger partial charge in [-0.15, -0.1) is 54.1 Å². The fourth-order valence-electron chi connectivity index (χ4n) is 5.19. The molecule has 1 radical (unpaired) electrons. The maximum absolute atomic E-state index is 6.42.